The van der Waals surface area contributed by atoms with Gasteiger partial charge in [0.25, 0.3) is 0 Å². The van der Waals surface area contributed by atoms with Crippen LogP contribution in [0.1, 0.15) is 40.0 Å². The molecule has 1 saturated heterocycles. The van der Waals surface area contributed by atoms with Gasteiger partial charge in [-0.2, -0.15) is 0 Å². The standard InChI is InChI=1S/C11H21NO/c1-8-9(5-7-13-8)12-10-4-6-11(10,2)3/h8-10,12H,4-7H2,1-3H3. The quantitative estimate of drug-likeness (QED) is 0.706. The summed E-state index contributed by atoms with van der Waals surface area (Å²) in [5.74, 6) is 0. The van der Waals surface area contributed by atoms with E-state index in [0.29, 0.717) is 17.6 Å². The van der Waals surface area contributed by atoms with Crippen molar-refractivity contribution in [2.24, 2.45) is 5.41 Å². The molecule has 1 N–H and O–H groups in total. The zero-order chi connectivity index (χ0) is 9.47. The van der Waals surface area contributed by atoms with Crippen LogP contribution >= 0.6 is 0 Å². The minimum absolute atomic E-state index is 0.413. The van der Waals surface area contributed by atoms with Gasteiger partial charge < -0.3 is 10.1 Å². The first kappa shape index (κ1) is 9.47. The topological polar surface area (TPSA) is 21.3 Å². The number of hydrogen-bond acceptors (Lipinski definition) is 2. The lowest BCUT2D eigenvalue weighted by Gasteiger charge is -2.46. The predicted octanol–water partition coefficient (Wildman–Crippen LogP) is 1.94. The zero-order valence-electron chi connectivity index (χ0n) is 8.97. The van der Waals surface area contributed by atoms with Crippen LogP contribution in [-0.4, -0.2) is 24.8 Å². The summed E-state index contributed by atoms with van der Waals surface area (Å²) in [7, 11) is 0. The fourth-order valence-electron chi connectivity index (χ4n) is 2.38. The molecule has 0 aromatic carbocycles. The van der Waals surface area contributed by atoms with Crippen LogP contribution in [0.5, 0.6) is 0 Å². The lowest BCUT2D eigenvalue weighted by atomic mass is 9.67. The average Bonchev–Trinajstić information content (AvgIpc) is 2.45. The fraction of sp³-hybridized carbons (Fsp3) is 1.00. The van der Waals surface area contributed by atoms with Crippen LogP contribution in [0.25, 0.3) is 0 Å². The van der Waals surface area contributed by atoms with Gasteiger partial charge in [0.15, 0.2) is 0 Å². The molecule has 2 fully saturated rings. The number of nitrogens with one attached hydrogen (secondary N) is 1. The van der Waals surface area contributed by atoms with E-state index < -0.39 is 0 Å². The Hall–Kier alpha value is -0.0800. The molecule has 0 aromatic rings. The van der Waals surface area contributed by atoms with Crippen molar-refractivity contribution >= 4 is 0 Å². The van der Waals surface area contributed by atoms with Crippen LogP contribution in [-0.2, 0) is 4.74 Å². The maximum atomic E-state index is 5.54. The molecule has 3 atom stereocenters. The molecule has 0 radical (unpaired) electrons. The van der Waals surface area contributed by atoms with Crippen molar-refractivity contribution in [3.63, 3.8) is 0 Å². The Morgan fingerprint density at radius 2 is 2.08 bits per heavy atom. The van der Waals surface area contributed by atoms with Gasteiger partial charge >= 0.3 is 0 Å². The van der Waals surface area contributed by atoms with Crippen LogP contribution in [0.4, 0.5) is 0 Å². The maximum Gasteiger partial charge on any atom is 0.0700 e. The van der Waals surface area contributed by atoms with Gasteiger partial charge in [-0.25, -0.2) is 0 Å². The van der Waals surface area contributed by atoms with Crippen molar-refractivity contribution in [1.82, 2.24) is 5.32 Å². The van der Waals surface area contributed by atoms with Crippen LogP contribution in [0.2, 0.25) is 0 Å². The minimum Gasteiger partial charge on any atom is -0.377 e. The molecule has 1 saturated carbocycles. The molecule has 2 nitrogen and oxygen atoms in total. The van der Waals surface area contributed by atoms with E-state index in [2.05, 4.69) is 26.1 Å². The summed E-state index contributed by atoms with van der Waals surface area (Å²) in [6, 6.07) is 1.33. The summed E-state index contributed by atoms with van der Waals surface area (Å²) < 4.78 is 5.54. The summed E-state index contributed by atoms with van der Waals surface area (Å²) in [5.41, 5.74) is 0.516. The van der Waals surface area contributed by atoms with Crippen LogP contribution in [0.3, 0.4) is 0 Å². The highest BCUT2D eigenvalue weighted by molar-refractivity contribution is 4.97. The van der Waals surface area contributed by atoms with Crippen molar-refractivity contribution in [3.05, 3.63) is 0 Å². The predicted molar refractivity (Wildman–Crippen MR) is 53.8 cm³/mol. The first-order valence-electron chi connectivity index (χ1n) is 5.47. The highest BCUT2D eigenvalue weighted by Gasteiger charge is 2.40. The van der Waals surface area contributed by atoms with Gasteiger partial charge in [-0.05, 0) is 31.6 Å². The molecule has 1 aliphatic heterocycles. The van der Waals surface area contributed by atoms with E-state index in [1.807, 2.05) is 0 Å². The maximum absolute atomic E-state index is 5.54. The van der Waals surface area contributed by atoms with E-state index in [0.717, 1.165) is 12.6 Å². The molecule has 13 heavy (non-hydrogen) atoms. The summed E-state index contributed by atoms with van der Waals surface area (Å²) in [4.78, 5) is 0. The Bertz CT molecular complexity index is 191. The van der Waals surface area contributed by atoms with Crippen molar-refractivity contribution < 1.29 is 4.74 Å². The van der Waals surface area contributed by atoms with Gasteiger partial charge in [0, 0.05) is 18.7 Å². The van der Waals surface area contributed by atoms with Gasteiger partial charge in [0.1, 0.15) is 0 Å². The summed E-state index contributed by atoms with van der Waals surface area (Å²) in [6.45, 7) is 7.82. The van der Waals surface area contributed by atoms with Gasteiger partial charge in [0.05, 0.1) is 6.10 Å². The Morgan fingerprint density at radius 1 is 1.31 bits per heavy atom. The van der Waals surface area contributed by atoms with Gasteiger partial charge in [-0.15, -0.1) is 0 Å². The van der Waals surface area contributed by atoms with Crippen molar-refractivity contribution in [1.29, 1.82) is 0 Å². The number of hydrogen-bond donors (Lipinski definition) is 1. The normalized spacial score (nSPS) is 43.2. The van der Waals surface area contributed by atoms with E-state index in [1.165, 1.54) is 19.3 Å². The Morgan fingerprint density at radius 3 is 2.46 bits per heavy atom. The third kappa shape index (κ3) is 1.75. The largest absolute Gasteiger partial charge is 0.377 e. The van der Waals surface area contributed by atoms with E-state index in [-0.39, 0.29) is 0 Å². The van der Waals surface area contributed by atoms with E-state index >= 15 is 0 Å². The van der Waals surface area contributed by atoms with Gasteiger partial charge in [-0.3, -0.25) is 0 Å². The van der Waals surface area contributed by atoms with Crippen LogP contribution in [0.15, 0.2) is 0 Å². The molecule has 0 aromatic heterocycles. The molecule has 2 aliphatic rings. The molecule has 0 amide bonds. The van der Waals surface area contributed by atoms with Crippen molar-refractivity contribution in [2.75, 3.05) is 6.61 Å². The highest BCUT2D eigenvalue weighted by atomic mass is 16.5. The first-order valence-corrected chi connectivity index (χ1v) is 5.47. The summed E-state index contributed by atoms with van der Waals surface area (Å²) in [5, 5.41) is 3.73. The van der Waals surface area contributed by atoms with Crippen molar-refractivity contribution in [2.45, 2.75) is 58.2 Å². The highest BCUT2D eigenvalue weighted by Crippen LogP contribution is 2.40. The third-order valence-electron chi connectivity index (χ3n) is 3.81. The molecule has 0 bridgehead atoms. The van der Waals surface area contributed by atoms with Crippen LogP contribution < -0.4 is 5.32 Å². The lowest BCUT2D eigenvalue weighted by molar-refractivity contribution is 0.0706. The smallest absolute Gasteiger partial charge is 0.0700 e. The number of ether oxygens (including phenoxy) is 1. The second-order valence-corrected chi connectivity index (χ2v) is 5.22. The van der Waals surface area contributed by atoms with Gasteiger partial charge in [0.2, 0.25) is 0 Å². The molecule has 3 unspecified atom stereocenters. The third-order valence-corrected chi connectivity index (χ3v) is 3.81. The van der Waals surface area contributed by atoms with Crippen molar-refractivity contribution in [3.8, 4) is 0 Å². The Balaban J connectivity index is 1.84. The van der Waals surface area contributed by atoms with Gasteiger partial charge in [-0.1, -0.05) is 13.8 Å². The summed E-state index contributed by atoms with van der Waals surface area (Å²) in [6.07, 6.45) is 4.31. The molecule has 1 heterocycles. The molecule has 1 aliphatic carbocycles. The average molecular weight is 183 g/mol. The lowest BCUT2D eigenvalue weighted by Crippen LogP contribution is -2.54. The zero-order valence-corrected chi connectivity index (χ0v) is 8.97. The minimum atomic E-state index is 0.413. The van der Waals surface area contributed by atoms with Crippen LogP contribution in [0, 0.1) is 5.41 Å². The number of rotatable bonds is 2. The fourth-order valence-corrected chi connectivity index (χ4v) is 2.38. The van der Waals surface area contributed by atoms with E-state index in [1.54, 1.807) is 0 Å². The summed E-state index contributed by atoms with van der Waals surface area (Å²) >= 11 is 0. The Labute approximate surface area is 81.0 Å². The molecule has 2 rings (SSSR count). The molecule has 2 heteroatoms. The second-order valence-electron chi connectivity index (χ2n) is 5.22. The van der Waals surface area contributed by atoms with E-state index in [9.17, 15) is 0 Å². The molecular weight excluding hydrogens is 162 g/mol. The van der Waals surface area contributed by atoms with E-state index in [4.69, 9.17) is 4.74 Å². The molecule has 76 valence electrons. The first-order chi connectivity index (χ1) is 6.09. The monoisotopic (exact) mass is 183 g/mol. The Kier molecular flexibility index (Phi) is 2.37. The second kappa shape index (κ2) is 3.25. The molecular formula is C11H21NO. The SMILES string of the molecule is CC1OCCC1NC1CCC1(C)C. The molecule has 0 spiro atoms.